The molecule has 4 rings (SSSR count). The molecule has 0 aromatic carbocycles. The lowest BCUT2D eigenvalue weighted by Gasteiger charge is -2.38. The predicted molar refractivity (Wildman–Crippen MR) is 132 cm³/mol. The van der Waals surface area contributed by atoms with Crippen LogP contribution in [0.25, 0.3) is 0 Å². The van der Waals surface area contributed by atoms with Gasteiger partial charge in [0.25, 0.3) is 5.91 Å². The smallest absolute Gasteiger partial charge is 0.318 e. The summed E-state index contributed by atoms with van der Waals surface area (Å²) in [7, 11) is 3.26. The quantitative estimate of drug-likeness (QED) is 0.566. The number of carbonyl (C=O) groups is 1. The van der Waals surface area contributed by atoms with E-state index < -0.39 is 0 Å². The van der Waals surface area contributed by atoms with E-state index in [-0.39, 0.29) is 30.2 Å². The first-order valence-corrected chi connectivity index (χ1v) is 13.0. The lowest BCUT2D eigenvalue weighted by Crippen LogP contribution is -2.54. The zero-order chi connectivity index (χ0) is 24.8. The Bertz CT molecular complexity index is 848. The number of anilines is 1. The predicted octanol–water partition coefficient (Wildman–Crippen LogP) is 2.16. The third kappa shape index (κ3) is 6.61. The molecule has 35 heavy (non-hydrogen) atoms. The van der Waals surface area contributed by atoms with Crippen LogP contribution in [0.15, 0.2) is 0 Å². The van der Waals surface area contributed by atoms with Crippen molar-refractivity contribution >= 4 is 11.7 Å². The summed E-state index contributed by atoms with van der Waals surface area (Å²) in [6, 6.07) is 0.844. The molecule has 10 nitrogen and oxygen atoms in total. The van der Waals surface area contributed by atoms with E-state index in [0.29, 0.717) is 49.8 Å². The van der Waals surface area contributed by atoms with E-state index in [0.717, 1.165) is 50.7 Å². The van der Waals surface area contributed by atoms with Crippen molar-refractivity contribution in [3.63, 3.8) is 0 Å². The highest BCUT2D eigenvalue weighted by Gasteiger charge is 2.31. The van der Waals surface area contributed by atoms with Crippen molar-refractivity contribution < 1.29 is 23.7 Å². The summed E-state index contributed by atoms with van der Waals surface area (Å²) in [5, 5.41) is 7.12. The average molecular weight is 492 g/mol. The van der Waals surface area contributed by atoms with Gasteiger partial charge in [0, 0.05) is 51.0 Å². The van der Waals surface area contributed by atoms with Crippen LogP contribution in [0.3, 0.4) is 0 Å². The minimum absolute atomic E-state index is 0.0759. The van der Waals surface area contributed by atoms with Crippen LogP contribution in [0.4, 0.5) is 5.82 Å². The Morgan fingerprint density at radius 1 is 1.14 bits per heavy atom. The third-order valence-electron chi connectivity index (χ3n) is 7.41. The maximum Gasteiger partial charge on any atom is 0.318 e. The van der Waals surface area contributed by atoms with Gasteiger partial charge in [-0.1, -0.05) is 0 Å². The molecule has 1 amide bonds. The van der Waals surface area contributed by atoms with Gasteiger partial charge < -0.3 is 34.5 Å². The molecule has 2 N–H and O–H groups in total. The fourth-order valence-corrected chi connectivity index (χ4v) is 5.26. The van der Waals surface area contributed by atoms with Gasteiger partial charge in [0.1, 0.15) is 11.5 Å². The highest BCUT2D eigenvalue weighted by molar-refractivity contribution is 5.95. The first kappa shape index (κ1) is 26.1. The molecule has 3 saturated heterocycles. The van der Waals surface area contributed by atoms with Crippen LogP contribution in [0, 0.1) is 6.92 Å². The van der Waals surface area contributed by atoms with Gasteiger partial charge in [-0.25, -0.2) is 0 Å². The van der Waals surface area contributed by atoms with Gasteiger partial charge in [-0.15, -0.1) is 0 Å². The van der Waals surface area contributed by atoms with Crippen LogP contribution < -0.4 is 15.4 Å². The van der Waals surface area contributed by atoms with Crippen LogP contribution in [-0.2, 0) is 14.2 Å². The first-order valence-electron chi connectivity index (χ1n) is 13.0. The van der Waals surface area contributed by atoms with Gasteiger partial charge in [0.05, 0.1) is 32.0 Å². The number of hydrogen-bond donors (Lipinski definition) is 2. The van der Waals surface area contributed by atoms with Gasteiger partial charge in [0.2, 0.25) is 0 Å². The van der Waals surface area contributed by atoms with Crippen LogP contribution in [0.1, 0.15) is 61.5 Å². The molecule has 0 aliphatic carbocycles. The summed E-state index contributed by atoms with van der Waals surface area (Å²) in [6.07, 6.45) is 6.50. The second-order valence-electron chi connectivity index (χ2n) is 9.89. The highest BCUT2D eigenvalue weighted by Crippen LogP contribution is 2.24. The standard InChI is InChI=1S/C25H41N5O5/c1-16-6-5-7-19(35-16)14-26-23-17(2)22(28-25(29-23)33-4)24(31)30-11-8-18(9-12-30)27-20-10-13-34-15-21(20)32-3/h16,18-21,27H,5-15H2,1-4H3,(H,26,28,29)/t16-,19-,20+,21-/m1/s1. The Morgan fingerprint density at radius 3 is 2.66 bits per heavy atom. The van der Waals surface area contributed by atoms with Crippen molar-refractivity contribution in [1.29, 1.82) is 0 Å². The molecule has 4 heterocycles. The van der Waals surface area contributed by atoms with E-state index in [1.165, 1.54) is 7.11 Å². The number of carbonyl (C=O) groups excluding carboxylic acids is 1. The molecule has 1 aromatic rings. The second-order valence-corrected chi connectivity index (χ2v) is 9.89. The molecule has 0 unspecified atom stereocenters. The van der Waals surface area contributed by atoms with Crippen LogP contribution in [-0.4, -0.2) is 98.2 Å². The van der Waals surface area contributed by atoms with E-state index in [9.17, 15) is 4.79 Å². The minimum Gasteiger partial charge on any atom is -0.467 e. The summed E-state index contributed by atoms with van der Waals surface area (Å²) < 4.78 is 22.5. The van der Waals surface area contributed by atoms with Crippen molar-refractivity contribution in [2.75, 3.05) is 52.4 Å². The monoisotopic (exact) mass is 491 g/mol. The normalized spacial score (nSPS) is 28.1. The summed E-state index contributed by atoms with van der Waals surface area (Å²) in [5.41, 5.74) is 1.14. The first-order chi connectivity index (χ1) is 17.0. The summed E-state index contributed by atoms with van der Waals surface area (Å²) in [5.74, 6) is 0.553. The number of nitrogens with one attached hydrogen (secondary N) is 2. The van der Waals surface area contributed by atoms with Crippen LogP contribution in [0.2, 0.25) is 0 Å². The molecule has 3 fully saturated rings. The van der Waals surface area contributed by atoms with Crippen molar-refractivity contribution in [2.45, 2.75) is 82.8 Å². The molecule has 0 radical (unpaired) electrons. The molecular formula is C25H41N5O5. The molecule has 0 spiro atoms. The number of rotatable bonds is 8. The Balaban J connectivity index is 1.36. The number of methoxy groups -OCH3 is 2. The molecule has 1 aromatic heterocycles. The molecule has 3 aliphatic rings. The van der Waals surface area contributed by atoms with E-state index in [1.807, 2.05) is 11.8 Å². The second kappa shape index (κ2) is 12.3. The number of hydrogen-bond acceptors (Lipinski definition) is 9. The van der Waals surface area contributed by atoms with E-state index >= 15 is 0 Å². The zero-order valence-electron chi connectivity index (χ0n) is 21.5. The van der Waals surface area contributed by atoms with Gasteiger partial charge in [-0.3, -0.25) is 4.79 Å². The van der Waals surface area contributed by atoms with Crippen molar-refractivity contribution in [3.05, 3.63) is 11.3 Å². The minimum atomic E-state index is -0.0759. The molecular weight excluding hydrogens is 450 g/mol. The van der Waals surface area contributed by atoms with E-state index in [2.05, 4.69) is 27.5 Å². The average Bonchev–Trinajstić information content (AvgIpc) is 2.88. The third-order valence-corrected chi connectivity index (χ3v) is 7.41. The van der Waals surface area contributed by atoms with Crippen LogP contribution >= 0.6 is 0 Å². The molecule has 3 aliphatic heterocycles. The summed E-state index contributed by atoms with van der Waals surface area (Å²) in [4.78, 5) is 24.2. The fraction of sp³-hybridized carbons (Fsp3) is 0.800. The molecule has 0 saturated carbocycles. The lowest BCUT2D eigenvalue weighted by atomic mass is 9.99. The highest BCUT2D eigenvalue weighted by atomic mass is 16.5. The molecule has 0 bridgehead atoms. The number of likely N-dealkylation sites (tertiary alicyclic amines) is 1. The van der Waals surface area contributed by atoms with Gasteiger partial charge in [0.15, 0.2) is 0 Å². The number of nitrogens with zero attached hydrogens (tertiary/aromatic N) is 3. The topological polar surface area (TPSA) is 107 Å². The number of piperidine rings is 1. The maximum atomic E-state index is 13.5. The summed E-state index contributed by atoms with van der Waals surface area (Å²) in [6.45, 7) is 7.39. The van der Waals surface area contributed by atoms with Gasteiger partial charge in [-0.05, 0) is 52.4 Å². The van der Waals surface area contributed by atoms with Crippen molar-refractivity contribution in [1.82, 2.24) is 20.2 Å². The maximum absolute atomic E-state index is 13.5. The fourth-order valence-electron chi connectivity index (χ4n) is 5.26. The van der Waals surface area contributed by atoms with Gasteiger partial charge >= 0.3 is 6.01 Å². The van der Waals surface area contributed by atoms with Gasteiger partial charge in [-0.2, -0.15) is 9.97 Å². The summed E-state index contributed by atoms with van der Waals surface area (Å²) >= 11 is 0. The molecule has 4 atom stereocenters. The Labute approximate surface area is 208 Å². The Morgan fingerprint density at radius 2 is 1.94 bits per heavy atom. The Kier molecular flexibility index (Phi) is 9.16. The Hall–Kier alpha value is -2.01. The molecule has 10 heteroatoms. The van der Waals surface area contributed by atoms with Crippen molar-refractivity contribution in [2.24, 2.45) is 0 Å². The number of ether oxygens (including phenoxy) is 4. The molecule has 196 valence electrons. The van der Waals surface area contributed by atoms with Crippen LogP contribution in [0.5, 0.6) is 6.01 Å². The SMILES string of the molecule is COc1nc(NC[C@H]2CCC[C@@H](C)O2)c(C)c(C(=O)N2CCC(N[C@H]3CCOC[C@H]3OC)CC2)n1. The van der Waals surface area contributed by atoms with Crippen molar-refractivity contribution in [3.8, 4) is 6.01 Å². The number of aromatic nitrogens is 2. The lowest BCUT2D eigenvalue weighted by molar-refractivity contribution is -0.0533. The van der Waals surface area contributed by atoms with E-state index in [4.69, 9.17) is 18.9 Å². The largest absolute Gasteiger partial charge is 0.467 e. The number of amides is 1. The zero-order valence-corrected chi connectivity index (χ0v) is 21.5. The van der Waals surface area contributed by atoms with E-state index in [1.54, 1.807) is 7.11 Å².